The average molecular weight is 386 g/mol. The lowest BCUT2D eigenvalue weighted by molar-refractivity contribution is 0.0955. The van der Waals surface area contributed by atoms with Gasteiger partial charge in [-0.05, 0) is 55.2 Å². The van der Waals surface area contributed by atoms with Crippen LogP contribution in [0.15, 0.2) is 58.1 Å². The van der Waals surface area contributed by atoms with Crippen molar-refractivity contribution in [2.45, 2.75) is 19.3 Å². The third kappa shape index (κ3) is 4.45. The van der Waals surface area contributed by atoms with Gasteiger partial charge in [-0.15, -0.1) is 0 Å². The molecule has 124 valence electrons. The van der Waals surface area contributed by atoms with Crippen LogP contribution in [0.2, 0.25) is 0 Å². The van der Waals surface area contributed by atoms with E-state index < -0.39 is 0 Å². The van der Waals surface area contributed by atoms with Crippen LogP contribution in [0.5, 0.6) is 0 Å². The minimum atomic E-state index is -0.225. The van der Waals surface area contributed by atoms with Crippen LogP contribution in [0.1, 0.15) is 35.2 Å². The molecular weight excluding hydrogens is 366 g/mol. The van der Waals surface area contributed by atoms with Crippen molar-refractivity contribution in [2.24, 2.45) is 5.10 Å². The van der Waals surface area contributed by atoms with Crippen molar-refractivity contribution in [3.8, 4) is 0 Å². The van der Waals surface area contributed by atoms with E-state index in [4.69, 9.17) is 0 Å². The summed E-state index contributed by atoms with van der Waals surface area (Å²) in [6, 6.07) is 15.5. The predicted octanol–water partition coefficient (Wildman–Crippen LogP) is 4.20. The Morgan fingerprint density at radius 1 is 1.08 bits per heavy atom. The fourth-order valence-electron chi connectivity index (χ4n) is 2.78. The van der Waals surface area contributed by atoms with Gasteiger partial charge in [-0.1, -0.05) is 34.1 Å². The van der Waals surface area contributed by atoms with Crippen molar-refractivity contribution in [3.63, 3.8) is 0 Å². The molecule has 0 atom stereocenters. The maximum atomic E-state index is 12.0. The van der Waals surface area contributed by atoms with E-state index in [-0.39, 0.29) is 5.91 Å². The number of hydrogen-bond acceptors (Lipinski definition) is 3. The minimum Gasteiger partial charge on any atom is -0.372 e. The lowest BCUT2D eigenvalue weighted by Crippen LogP contribution is -2.29. The van der Waals surface area contributed by atoms with Crippen LogP contribution in [-0.2, 0) is 0 Å². The van der Waals surface area contributed by atoms with Crippen molar-refractivity contribution in [1.82, 2.24) is 5.43 Å². The zero-order chi connectivity index (χ0) is 16.8. The monoisotopic (exact) mass is 385 g/mol. The molecule has 0 aliphatic carbocycles. The summed E-state index contributed by atoms with van der Waals surface area (Å²) >= 11 is 3.35. The Balaban J connectivity index is 1.57. The number of piperidine rings is 1. The van der Waals surface area contributed by atoms with Gasteiger partial charge in [-0.2, -0.15) is 5.10 Å². The first-order valence-electron chi connectivity index (χ1n) is 8.16. The van der Waals surface area contributed by atoms with Gasteiger partial charge in [-0.3, -0.25) is 4.79 Å². The van der Waals surface area contributed by atoms with E-state index in [2.05, 4.69) is 43.5 Å². The molecule has 1 fully saturated rings. The Morgan fingerprint density at radius 3 is 2.54 bits per heavy atom. The lowest BCUT2D eigenvalue weighted by atomic mass is 10.1. The Hall–Kier alpha value is -2.14. The molecule has 3 rings (SSSR count). The number of nitrogens with zero attached hydrogens (tertiary/aromatic N) is 2. The molecule has 24 heavy (non-hydrogen) atoms. The number of carbonyl (C=O) groups is 1. The van der Waals surface area contributed by atoms with Gasteiger partial charge in [0.15, 0.2) is 0 Å². The second-order valence-electron chi connectivity index (χ2n) is 5.85. The van der Waals surface area contributed by atoms with Crippen LogP contribution in [-0.4, -0.2) is 25.2 Å². The van der Waals surface area contributed by atoms with E-state index in [0.29, 0.717) is 5.56 Å². The molecular formula is C19H20BrN3O. The minimum absolute atomic E-state index is 0.225. The fraction of sp³-hybridized carbons (Fsp3) is 0.263. The van der Waals surface area contributed by atoms with Gasteiger partial charge in [-0.25, -0.2) is 5.43 Å². The standard InChI is InChI=1S/C19H20BrN3O/c20-17-6-4-5-16(13-17)19(24)22-21-14-15-7-9-18(10-8-15)23-11-2-1-3-12-23/h4-10,13-14H,1-3,11-12H2,(H,22,24)/b21-14-. The third-order valence-electron chi connectivity index (χ3n) is 4.08. The quantitative estimate of drug-likeness (QED) is 0.632. The van der Waals surface area contributed by atoms with Crippen molar-refractivity contribution in [2.75, 3.05) is 18.0 Å². The topological polar surface area (TPSA) is 44.7 Å². The van der Waals surface area contributed by atoms with E-state index in [1.807, 2.05) is 24.3 Å². The van der Waals surface area contributed by atoms with Gasteiger partial charge in [0, 0.05) is 28.8 Å². The summed E-state index contributed by atoms with van der Waals surface area (Å²) in [6.07, 6.45) is 5.53. The Kier molecular flexibility index (Phi) is 5.64. The molecule has 0 aromatic heterocycles. The number of hydrogen-bond donors (Lipinski definition) is 1. The zero-order valence-electron chi connectivity index (χ0n) is 13.4. The number of nitrogens with one attached hydrogen (secondary N) is 1. The van der Waals surface area contributed by atoms with Crippen molar-refractivity contribution < 1.29 is 4.79 Å². The second kappa shape index (κ2) is 8.11. The molecule has 1 heterocycles. The van der Waals surface area contributed by atoms with Crippen molar-refractivity contribution >= 4 is 33.7 Å². The molecule has 0 saturated carbocycles. The molecule has 5 heteroatoms. The van der Waals surface area contributed by atoms with Crippen molar-refractivity contribution in [1.29, 1.82) is 0 Å². The smallest absolute Gasteiger partial charge is 0.271 e. The van der Waals surface area contributed by atoms with Crippen LogP contribution in [0.25, 0.3) is 0 Å². The molecule has 0 bridgehead atoms. The Morgan fingerprint density at radius 2 is 1.83 bits per heavy atom. The fourth-order valence-corrected chi connectivity index (χ4v) is 3.18. The summed E-state index contributed by atoms with van der Waals surface area (Å²) in [5.41, 5.74) is 5.34. The summed E-state index contributed by atoms with van der Waals surface area (Å²) in [4.78, 5) is 14.4. The highest BCUT2D eigenvalue weighted by molar-refractivity contribution is 9.10. The summed E-state index contributed by atoms with van der Waals surface area (Å²) in [6.45, 7) is 2.27. The zero-order valence-corrected chi connectivity index (χ0v) is 15.0. The van der Waals surface area contributed by atoms with Crippen LogP contribution in [0, 0.1) is 0 Å². The first kappa shape index (κ1) is 16.7. The summed E-state index contributed by atoms with van der Waals surface area (Å²) in [7, 11) is 0. The first-order chi connectivity index (χ1) is 11.7. The molecule has 2 aromatic carbocycles. The van der Waals surface area contributed by atoms with E-state index >= 15 is 0 Å². The molecule has 1 aliphatic rings. The van der Waals surface area contributed by atoms with Crippen LogP contribution < -0.4 is 10.3 Å². The average Bonchev–Trinajstić information content (AvgIpc) is 2.63. The van der Waals surface area contributed by atoms with Crippen LogP contribution >= 0.6 is 15.9 Å². The Bertz CT molecular complexity index is 722. The maximum Gasteiger partial charge on any atom is 0.271 e. The van der Waals surface area contributed by atoms with Crippen molar-refractivity contribution in [3.05, 3.63) is 64.1 Å². The highest BCUT2D eigenvalue weighted by atomic mass is 79.9. The predicted molar refractivity (Wildman–Crippen MR) is 102 cm³/mol. The number of carbonyl (C=O) groups excluding carboxylic acids is 1. The lowest BCUT2D eigenvalue weighted by Gasteiger charge is -2.28. The largest absolute Gasteiger partial charge is 0.372 e. The van der Waals surface area contributed by atoms with E-state index in [1.54, 1.807) is 18.3 Å². The molecule has 1 saturated heterocycles. The third-order valence-corrected chi connectivity index (χ3v) is 4.57. The molecule has 0 unspecified atom stereocenters. The number of anilines is 1. The van der Waals surface area contributed by atoms with Gasteiger partial charge in [0.25, 0.3) is 5.91 Å². The molecule has 1 N–H and O–H groups in total. The summed E-state index contributed by atoms with van der Waals surface area (Å²) < 4.78 is 0.868. The van der Waals surface area contributed by atoms with Crippen LogP contribution in [0.4, 0.5) is 5.69 Å². The highest BCUT2D eigenvalue weighted by Gasteiger charge is 2.10. The molecule has 0 radical (unpaired) electrons. The van der Waals surface area contributed by atoms with Crippen LogP contribution in [0.3, 0.4) is 0 Å². The van der Waals surface area contributed by atoms with Gasteiger partial charge >= 0.3 is 0 Å². The molecule has 0 spiro atoms. The normalized spacial score (nSPS) is 14.8. The molecule has 2 aromatic rings. The number of amides is 1. The Labute approximate surface area is 150 Å². The maximum absolute atomic E-state index is 12.0. The highest BCUT2D eigenvalue weighted by Crippen LogP contribution is 2.19. The number of halogens is 1. The van der Waals surface area contributed by atoms with Gasteiger partial charge in [0.1, 0.15) is 0 Å². The molecule has 4 nitrogen and oxygen atoms in total. The second-order valence-corrected chi connectivity index (χ2v) is 6.76. The number of hydrazone groups is 1. The van der Waals surface area contributed by atoms with E-state index in [0.717, 1.165) is 23.1 Å². The van der Waals surface area contributed by atoms with Gasteiger partial charge in [0.05, 0.1) is 6.21 Å². The molecule has 1 aliphatic heterocycles. The van der Waals surface area contributed by atoms with Gasteiger partial charge < -0.3 is 4.90 Å². The SMILES string of the molecule is O=C(N/N=C\c1ccc(N2CCCCC2)cc1)c1cccc(Br)c1. The molecule has 1 amide bonds. The van der Waals surface area contributed by atoms with Gasteiger partial charge in [0.2, 0.25) is 0 Å². The van der Waals surface area contributed by atoms with E-state index in [1.165, 1.54) is 24.9 Å². The first-order valence-corrected chi connectivity index (χ1v) is 8.96. The van der Waals surface area contributed by atoms with E-state index in [9.17, 15) is 4.79 Å². The summed E-state index contributed by atoms with van der Waals surface area (Å²) in [5.74, 6) is -0.225. The number of rotatable bonds is 4. The summed E-state index contributed by atoms with van der Waals surface area (Å²) in [5, 5.41) is 4.04. The number of benzene rings is 2.